The Hall–Kier alpha value is -2.45. The van der Waals surface area contributed by atoms with Crippen LogP contribution in [0.15, 0.2) is 50.5 Å². The highest BCUT2D eigenvalue weighted by Gasteiger charge is 2.17. The van der Waals surface area contributed by atoms with Crippen LogP contribution >= 0.6 is 23.1 Å². The van der Waals surface area contributed by atoms with Crippen molar-refractivity contribution >= 4 is 44.2 Å². The summed E-state index contributed by atoms with van der Waals surface area (Å²) in [6.45, 7) is 4.41. The molecule has 8 heteroatoms. The van der Waals surface area contributed by atoms with Crippen LogP contribution in [0.1, 0.15) is 24.9 Å². The molecule has 132 valence electrons. The largest absolute Gasteiger partial charge is 0.309 e. The molecule has 3 heterocycles. The summed E-state index contributed by atoms with van der Waals surface area (Å²) in [5.41, 5.74) is 1.18. The maximum atomic E-state index is 12.6. The number of rotatable bonds is 4. The molecule has 0 amide bonds. The van der Waals surface area contributed by atoms with E-state index in [1.54, 1.807) is 10.6 Å². The Bertz CT molecular complexity index is 1230. The molecule has 0 saturated heterocycles. The standard InChI is InChI=1S/C18H16N4O2S2/c1-3-22-17(24)14-13(8-9-25-14)20-18(22)26-10(2)15-19-12-7-5-4-6-11(12)16(23)21-15/h4-10H,3H2,1-2H3,(H,19,21,23). The number of hydrogen-bond donors (Lipinski definition) is 1. The fourth-order valence-electron chi connectivity index (χ4n) is 2.80. The Morgan fingerprint density at radius 3 is 2.81 bits per heavy atom. The lowest BCUT2D eigenvalue weighted by atomic mass is 10.2. The quantitative estimate of drug-likeness (QED) is 0.430. The van der Waals surface area contributed by atoms with Gasteiger partial charge in [0.2, 0.25) is 0 Å². The molecule has 0 fully saturated rings. The molecular formula is C18H16N4O2S2. The molecule has 1 unspecified atom stereocenters. The van der Waals surface area contributed by atoms with Crippen LogP contribution in [0.25, 0.3) is 21.1 Å². The second-order valence-corrected chi connectivity index (χ2v) is 8.03. The van der Waals surface area contributed by atoms with Crippen LogP contribution in [-0.4, -0.2) is 19.5 Å². The number of thiophene rings is 1. The first-order valence-corrected chi connectivity index (χ1v) is 9.98. The molecule has 0 aliphatic heterocycles. The van der Waals surface area contributed by atoms with Gasteiger partial charge in [0.25, 0.3) is 11.1 Å². The van der Waals surface area contributed by atoms with Crippen molar-refractivity contribution in [3.05, 3.63) is 62.2 Å². The zero-order valence-electron chi connectivity index (χ0n) is 14.2. The van der Waals surface area contributed by atoms with Gasteiger partial charge in [-0.25, -0.2) is 9.97 Å². The van der Waals surface area contributed by atoms with Crippen LogP contribution in [0, 0.1) is 0 Å². The van der Waals surface area contributed by atoms with E-state index in [0.29, 0.717) is 38.6 Å². The van der Waals surface area contributed by atoms with Crippen LogP contribution < -0.4 is 11.1 Å². The lowest BCUT2D eigenvalue weighted by Crippen LogP contribution is -2.22. The third-order valence-corrected chi connectivity index (χ3v) is 6.14. The van der Waals surface area contributed by atoms with E-state index in [1.807, 2.05) is 43.5 Å². The van der Waals surface area contributed by atoms with Crippen molar-refractivity contribution in [2.45, 2.75) is 30.8 Å². The average molecular weight is 384 g/mol. The molecule has 3 aromatic heterocycles. The summed E-state index contributed by atoms with van der Waals surface area (Å²) in [4.78, 5) is 37.0. The molecule has 26 heavy (non-hydrogen) atoms. The van der Waals surface area contributed by atoms with Crippen LogP contribution in [0.3, 0.4) is 0 Å². The first-order chi connectivity index (χ1) is 12.6. The molecule has 0 spiro atoms. The Balaban J connectivity index is 1.77. The number of nitrogens with zero attached hydrogens (tertiary/aromatic N) is 3. The van der Waals surface area contributed by atoms with Gasteiger partial charge < -0.3 is 4.98 Å². The number of hydrogen-bond acceptors (Lipinski definition) is 6. The summed E-state index contributed by atoms with van der Waals surface area (Å²) in [5, 5.41) is 2.91. The molecule has 6 nitrogen and oxygen atoms in total. The van der Waals surface area contributed by atoms with Crippen molar-refractivity contribution in [1.29, 1.82) is 0 Å². The minimum absolute atomic E-state index is 0.0258. The van der Waals surface area contributed by atoms with Crippen molar-refractivity contribution in [2.24, 2.45) is 0 Å². The molecule has 0 radical (unpaired) electrons. The minimum atomic E-state index is -0.160. The summed E-state index contributed by atoms with van der Waals surface area (Å²) in [7, 11) is 0. The lowest BCUT2D eigenvalue weighted by Gasteiger charge is -2.14. The number of fused-ring (bicyclic) bond motifs is 2. The number of nitrogens with one attached hydrogen (secondary N) is 1. The molecule has 4 aromatic rings. The lowest BCUT2D eigenvalue weighted by molar-refractivity contribution is 0.634. The average Bonchev–Trinajstić information content (AvgIpc) is 3.11. The van der Waals surface area contributed by atoms with Crippen molar-refractivity contribution in [3.8, 4) is 0 Å². The third-order valence-electron chi connectivity index (χ3n) is 4.15. The molecule has 1 atom stereocenters. The number of benzene rings is 1. The predicted octanol–water partition coefficient (Wildman–Crippen LogP) is 3.57. The van der Waals surface area contributed by atoms with E-state index in [9.17, 15) is 9.59 Å². The van der Waals surface area contributed by atoms with Gasteiger partial charge in [-0.3, -0.25) is 14.2 Å². The maximum absolute atomic E-state index is 12.6. The number of thioether (sulfide) groups is 1. The van der Waals surface area contributed by atoms with Crippen LogP contribution in [0.2, 0.25) is 0 Å². The van der Waals surface area contributed by atoms with Gasteiger partial charge in [0.15, 0.2) is 5.16 Å². The molecule has 0 saturated carbocycles. The van der Waals surface area contributed by atoms with Gasteiger partial charge in [0, 0.05) is 6.54 Å². The van der Waals surface area contributed by atoms with Crippen molar-refractivity contribution < 1.29 is 0 Å². The van der Waals surface area contributed by atoms with Gasteiger partial charge in [0.1, 0.15) is 10.5 Å². The monoisotopic (exact) mass is 384 g/mol. The highest BCUT2D eigenvalue weighted by atomic mass is 32.2. The van der Waals surface area contributed by atoms with E-state index < -0.39 is 0 Å². The van der Waals surface area contributed by atoms with Gasteiger partial charge in [-0.05, 0) is 37.4 Å². The van der Waals surface area contributed by atoms with Gasteiger partial charge in [-0.1, -0.05) is 23.9 Å². The maximum Gasteiger partial charge on any atom is 0.272 e. The van der Waals surface area contributed by atoms with Crippen molar-refractivity contribution in [2.75, 3.05) is 0 Å². The van der Waals surface area contributed by atoms with Gasteiger partial charge >= 0.3 is 0 Å². The Morgan fingerprint density at radius 1 is 1.19 bits per heavy atom. The fraction of sp³-hybridized carbons (Fsp3) is 0.222. The molecule has 1 N–H and O–H groups in total. The van der Waals surface area contributed by atoms with Gasteiger partial charge in [-0.15, -0.1) is 11.3 Å². The zero-order valence-corrected chi connectivity index (χ0v) is 15.9. The summed E-state index contributed by atoms with van der Waals surface area (Å²) in [6, 6.07) is 9.10. The smallest absolute Gasteiger partial charge is 0.272 e. The van der Waals surface area contributed by atoms with E-state index >= 15 is 0 Å². The summed E-state index contributed by atoms with van der Waals surface area (Å²) in [6.07, 6.45) is 0. The number of para-hydroxylation sites is 1. The summed E-state index contributed by atoms with van der Waals surface area (Å²) < 4.78 is 2.33. The van der Waals surface area contributed by atoms with Crippen LogP contribution in [0.5, 0.6) is 0 Å². The van der Waals surface area contributed by atoms with Gasteiger partial charge in [-0.2, -0.15) is 0 Å². The first-order valence-electron chi connectivity index (χ1n) is 8.22. The van der Waals surface area contributed by atoms with E-state index in [4.69, 9.17) is 0 Å². The number of H-pyrrole nitrogens is 1. The van der Waals surface area contributed by atoms with Crippen molar-refractivity contribution in [3.63, 3.8) is 0 Å². The summed E-state index contributed by atoms with van der Waals surface area (Å²) in [5.74, 6) is 0.570. The van der Waals surface area contributed by atoms with Crippen LogP contribution in [-0.2, 0) is 6.54 Å². The Labute approximate surface area is 156 Å². The molecule has 0 bridgehead atoms. The molecule has 0 aliphatic rings. The molecular weight excluding hydrogens is 368 g/mol. The molecule has 4 rings (SSSR count). The Kier molecular flexibility index (Phi) is 4.37. The molecule has 1 aromatic carbocycles. The zero-order chi connectivity index (χ0) is 18.3. The second kappa shape index (κ2) is 6.69. The molecule has 0 aliphatic carbocycles. The SMILES string of the molecule is CCn1c(SC(C)c2nc3ccccc3c(=O)[nH]2)nc2ccsc2c1=O. The number of aromatic amines is 1. The first kappa shape index (κ1) is 17.0. The van der Waals surface area contributed by atoms with Gasteiger partial charge in [0.05, 0.1) is 21.7 Å². The summed E-state index contributed by atoms with van der Waals surface area (Å²) >= 11 is 2.83. The number of aromatic nitrogens is 4. The Morgan fingerprint density at radius 2 is 2.00 bits per heavy atom. The minimum Gasteiger partial charge on any atom is -0.309 e. The van der Waals surface area contributed by atoms with E-state index in [2.05, 4.69) is 15.0 Å². The third kappa shape index (κ3) is 2.85. The highest BCUT2D eigenvalue weighted by Crippen LogP contribution is 2.32. The topological polar surface area (TPSA) is 80.6 Å². The fourth-order valence-corrected chi connectivity index (χ4v) is 4.61. The van der Waals surface area contributed by atoms with Crippen LogP contribution in [0.4, 0.5) is 0 Å². The van der Waals surface area contributed by atoms with E-state index in [1.165, 1.54) is 23.1 Å². The second-order valence-electron chi connectivity index (χ2n) is 5.81. The predicted molar refractivity (Wildman–Crippen MR) is 106 cm³/mol. The highest BCUT2D eigenvalue weighted by molar-refractivity contribution is 7.99. The van der Waals surface area contributed by atoms with E-state index in [0.717, 1.165) is 0 Å². The normalized spacial score (nSPS) is 12.7. The van der Waals surface area contributed by atoms with E-state index in [-0.39, 0.29) is 16.4 Å². The van der Waals surface area contributed by atoms with Crippen molar-refractivity contribution in [1.82, 2.24) is 19.5 Å².